The Morgan fingerprint density at radius 1 is 1.11 bits per heavy atom. The molecule has 5 nitrogen and oxygen atoms in total. The molecule has 0 fully saturated rings. The van der Waals surface area contributed by atoms with E-state index in [2.05, 4.69) is 12.2 Å². The first-order valence-electron chi connectivity index (χ1n) is 8.76. The van der Waals surface area contributed by atoms with Crippen molar-refractivity contribution < 1.29 is 19.2 Å². The van der Waals surface area contributed by atoms with Crippen molar-refractivity contribution in [3.05, 3.63) is 51.5 Å². The first-order valence-corrected chi connectivity index (χ1v) is 9.52. The quantitative estimate of drug-likeness (QED) is 0.797. The number of carbonyl (C=O) groups excluding carboxylic acids is 1. The lowest BCUT2D eigenvalue weighted by atomic mass is 9.93. The number of amides is 1. The molecule has 0 aliphatic carbocycles. The van der Waals surface area contributed by atoms with E-state index in [9.17, 15) is 4.79 Å². The van der Waals surface area contributed by atoms with Crippen molar-refractivity contribution in [1.82, 2.24) is 0 Å². The van der Waals surface area contributed by atoms with Gasteiger partial charge in [0.2, 0.25) is 0 Å². The van der Waals surface area contributed by atoms with Gasteiger partial charge >= 0.3 is 0 Å². The maximum absolute atomic E-state index is 12.5. The van der Waals surface area contributed by atoms with Crippen LogP contribution >= 0.6 is 23.2 Å². The molecule has 0 bridgehead atoms. The molecule has 0 radical (unpaired) electrons. The molecule has 2 atom stereocenters. The normalized spacial score (nSPS) is 18.6. The first kappa shape index (κ1) is 19.8. The summed E-state index contributed by atoms with van der Waals surface area (Å²) in [4.78, 5) is 13.7. The van der Waals surface area contributed by atoms with Crippen LogP contribution in [0.25, 0.3) is 0 Å². The van der Waals surface area contributed by atoms with E-state index < -0.39 is 0 Å². The van der Waals surface area contributed by atoms with Crippen molar-refractivity contribution in [2.45, 2.75) is 19.4 Å². The van der Waals surface area contributed by atoms with E-state index in [1.165, 1.54) is 16.0 Å². The van der Waals surface area contributed by atoms with Crippen LogP contribution in [0.4, 0.5) is 5.69 Å². The lowest BCUT2D eigenvalue weighted by Crippen LogP contribution is -3.14. The Hall–Kier alpha value is -1.95. The van der Waals surface area contributed by atoms with Crippen LogP contribution < -0.4 is 19.7 Å². The number of halogens is 2. The largest absolute Gasteiger partial charge is 0.493 e. The van der Waals surface area contributed by atoms with Crippen LogP contribution in [0.5, 0.6) is 11.5 Å². The van der Waals surface area contributed by atoms with E-state index >= 15 is 0 Å². The molecule has 1 amide bonds. The summed E-state index contributed by atoms with van der Waals surface area (Å²) in [5.74, 6) is 1.38. The molecule has 2 aromatic carbocycles. The molecule has 0 saturated heterocycles. The fraction of sp³-hybridized carbons (Fsp3) is 0.350. The highest BCUT2D eigenvalue weighted by atomic mass is 35.5. The molecule has 144 valence electrons. The van der Waals surface area contributed by atoms with E-state index in [0.29, 0.717) is 28.0 Å². The third-order valence-electron chi connectivity index (χ3n) is 4.97. The second-order valence-electron chi connectivity index (χ2n) is 6.67. The van der Waals surface area contributed by atoms with Gasteiger partial charge in [-0.15, -0.1) is 0 Å². The van der Waals surface area contributed by atoms with E-state index in [1.54, 1.807) is 32.4 Å². The molecule has 3 rings (SSSR count). The van der Waals surface area contributed by atoms with Gasteiger partial charge in [-0.2, -0.15) is 0 Å². The number of hydrogen-bond donors (Lipinski definition) is 2. The Bertz CT molecular complexity index is 837. The molecular formula is C20H23Cl2N2O3+. The molecule has 1 unspecified atom stereocenters. The molecule has 7 heteroatoms. The average molecular weight is 410 g/mol. The number of fused-ring (bicyclic) bond motifs is 1. The Morgan fingerprint density at radius 2 is 1.74 bits per heavy atom. The number of anilines is 1. The lowest BCUT2D eigenvalue weighted by Gasteiger charge is -2.32. The second-order valence-corrected chi connectivity index (χ2v) is 7.54. The van der Waals surface area contributed by atoms with Crippen molar-refractivity contribution in [1.29, 1.82) is 0 Å². The number of quaternary nitrogens is 1. The zero-order valence-electron chi connectivity index (χ0n) is 15.6. The molecule has 2 aromatic rings. The molecule has 2 N–H and O–H groups in total. The summed E-state index contributed by atoms with van der Waals surface area (Å²) in [6, 6.07) is 9.24. The monoisotopic (exact) mass is 409 g/mol. The number of methoxy groups -OCH3 is 2. The van der Waals surface area contributed by atoms with Gasteiger partial charge in [-0.05, 0) is 42.8 Å². The summed E-state index contributed by atoms with van der Waals surface area (Å²) >= 11 is 12.0. The van der Waals surface area contributed by atoms with Crippen molar-refractivity contribution in [3.63, 3.8) is 0 Å². The van der Waals surface area contributed by atoms with Crippen molar-refractivity contribution in [3.8, 4) is 11.5 Å². The standard InChI is InChI=1S/C20H22Cl2N2O3/c1-12-17-10-19(27-3)18(26-2)6-13(17)4-5-24(12)11-20(25)23-16-8-14(21)7-15(22)9-16/h6-10,12H,4-5,11H2,1-3H3,(H,23,25)/p+1/t12-/m1/s1. The third-order valence-corrected chi connectivity index (χ3v) is 5.41. The van der Waals surface area contributed by atoms with Gasteiger partial charge in [0.05, 0.1) is 20.8 Å². The van der Waals surface area contributed by atoms with Crippen LogP contribution in [-0.4, -0.2) is 33.2 Å². The first-order chi connectivity index (χ1) is 12.9. The van der Waals surface area contributed by atoms with Crippen LogP contribution in [0.15, 0.2) is 30.3 Å². The number of hydrogen-bond acceptors (Lipinski definition) is 3. The van der Waals surface area contributed by atoms with Gasteiger partial charge in [-0.25, -0.2) is 0 Å². The highest BCUT2D eigenvalue weighted by Gasteiger charge is 2.30. The summed E-state index contributed by atoms with van der Waals surface area (Å²) < 4.78 is 10.8. The predicted octanol–water partition coefficient (Wildman–Crippen LogP) is 3.15. The van der Waals surface area contributed by atoms with Crippen molar-refractivity contribution in [2.24, 2.45) is 0 Å². The van der Waals surface area contributed by atoms with Crippen LogP contribution in [0, 0.1) is 0 Å². The number of nitrogens with one attached hydrogen (secondary N) is 2. The highest BCUT2D eigenvalue weighted by molar-refractivity contribution is 6.35. The topological polar surface area (TPSA) is 52.0 Å². The highest BCUT2D eigenvalue weighted by Crippen LogP contribution is 2.33. The average Bonchev–Trinajstić information content (AvgIpc) is 2.62. The maximum Gasteiger partial charge on any atom is 0.279 e. The molecule has 27 heavy (non-hydrogen) atoms. The molecule has 0 spiro atoms. The number of rotatable bonds is 5. The zero-order chi connectivity index (χ0) is 19.6. The van der Waals surface area contributed by atoms with Gasteiger partial charge in [-0.1, -0.05) is 23.2 Å². The summed E-state index contributed by atoms with van der Waals surface area (Å²) in [6.07, 6.45) is 0.881. The predicted molar refractivity (Wildman–Crippen MR) is 107 cm³/mol. The zero-order valence-corrected chi connectivity index (χ0v) is 17.1. The molecule has 1 aliphatic rings. The lowest BCUT2D eigenvalue weighted by molar-refractivity contribution is -0.924. The van der Waals surface area contributed by atoms with Gasteiger partial charge < -0.3 is 19.7 Å². The van der Waals surface area contributed by atoms with Gasteiger partial charge in [0.1, 0.15) is 6.04 Å². The van der Waals surface area contributed by atoms with Gasteiger partial charge in [0, 0.05) is 27.7 Å². The summed E-state index contributed by atoms with van der Waals surface area (Å²) in [6.45, 7) is 3.36. The SMILES string of the molecule is COc1cc2c(cc1OC)[C@@H](C)[NH+](CC(=O)Nc1cc(Cl)cc(Cl)c1)CC2. The minimum atomic E-state index is -0.0703. The Morgan fingerprint density at radius 3 is 2.37 bits per heavy atom. The number of carbonyl (C=O) groups is 1. The Labute approximate surface area is 169 Å². The van der Waals surface area contributed by atoms with E-state index in [0.717, 1.165) is 18.7 Å². The van der Waals surface area contributed by atoms with Crippen LogP contribution in [0.2, 0.25) is 10.0 Å². The molecule has 0 aromatic heterocycles. The molecule has 1 heterocycles. The molecule has 0 saturated carbocycles. The molecular weight excluding hydrogens is 387 g/mol. The van der Waals surface area contributed by atoms with Gasteiger partial charge in [0.15, 0.2) is 18.0 Å². The van der Waals surface area contributed by atoms with Crippen LogP contribution in [0.3, 0.4) is 0 Å². The summed E-state index contributed by atoms with van der Waals surface area (Å²) in [5, 5.41) is 3.87. The fourth-order valence-corrected chi connectivity index (χ4v) is 4.09. The summed E-state index contributed by atoms with van der Waals surface area (Å²) in [7, 11) is 3.27. The van der Waals surface area contributed by atoms with Gasteiger partial charge in [0.25, 0.3) is 5.91 Å². The van der Waals surface area contributed by atoms with Gasteiger partial charge in [-0.3, -0.25) is 4.79 Å². The molecule has 1 aliphatic heterocycles. The number of benzene rings is 2. The Balaban J connectivity index is 1.73. The number of ether oxygens (including phenoxy) is 2. The van der Waals surface area contributed by atoms with E-state index in [-0.39, 0.29) is 11.9 Å². The smallest absolute Gasteiger partial charge is 0.279 e. The van der Waals surface area contributed by atoms with Crippen LogP contribution in [-0.2, 0) is 11.2 Å². The second kappa shape index (κ2) is 8.38. The van der Waals surface area contributed by atoms with Crippen molar-refractivity contribution in [2.75, 3.05) is 32.6 Å². The van der Waals surface area contributed by atoms with E-state index in [1.807, 2.05) is 12.1 Å². The van der Waals surface area contributed by atoms with E-state index in [4.69, 9.17) is 32.7 Å². The third kappa shape index (κ3) is 4.49. The van der Waals surface area contributed by atoms with Crippen LogP contribution in [0.1, 0.15) is 24.1 Å². The fourth-order valence-electron chi connectivity index (χ4n) is 3.57. The Kier molecular flexibility index (Phi) is 6.15. The minimum Gasteiger partial charge on any atom is -0.493 e. The van der Waals surface area contributed by atoms with Crippen molar-refractivity contribution >= 4 is 34.8 Å². The maximum atomic E-state index is 12.5. The summed E-state index contributed by atoms with van der Waals surface area (Å²) in [5.41, 5.74) is 3.03. The minimum absolute atomic E-state index is 0.0703.